The van der Waals surface area contributed by atoms with Crippen LogP contribution in [-0.2, 0) is 9.47 Å². The minimum Gasteiger partial charge on any atom is -0.379 e. The molecule has 3 heteroatoms. The standard InChI is InChI=1S/C10H17FO2/c1-8-4-10(11,5-8)7-13-9-2-3-12-6-9/h8-9H,2-7H2,1H3. The van der Waals surface area contributed by atoms with Crippen molar-refractivity contribution in [1.82, 2.24) is 0 Å². The molecule has 0 aromatic heterocycles. The van der Waals surface area contributed by atoms with E-state index in [1.165, 1.54) is 0 Å². The van der Waals surface area contributed by atoms with Crippen molar-refractivity contribution in [3.05, 3.63) is 0 Å². The molecule has 0 aromatic rings. The largest absolute Gasteiger partial charge is 0.379 e. The summed E-state index contributed by atoms with van der Waals surface area (Å²) in [5.74, 6) is 0.536. The highest BCUT2D eigenvalue weighted by atomic mass is 19.1. The molecule has 0 aromatic carbocycles. The summed E-state index contributed by atoms with van der Waals surface area (Å²) in [5.41, 5.74) is -1.03. The Kier molecular flexibility index (Phi) is 2.56. The third-order valence-electron chi connectivity index (χ3n) is 2.89. The lowest BCUT2D eigenvalue weighted by Gasteiger charge is -2.39. The van der Waals surface area contributed by atoms with Gasteiger partial charge in [-0.1, -0.05) is 6.92 Å². The molecule has 1 aliphatic heterocycles. The van der Waals surface area contributed by atoms with Gasteiger partial charge in [-0.3, -0.25) is 0 Å². The van der Waals surface area contributed by atoms with Crippen molar-refractivity contribution < 1.29 is 13.9 Å². The van der Waals surface area contributed by atoms with E-state index in [1.807, 2.05) is 0 Å². The molecule has 1 saturated carbocycles. The molecule has 0 amide bonds. The van der Waals surface area contributed by atoms with Crippen molar-refractivity contribution in [2.24, 2.45) is 5.92 Å². The molecule has 2 aliphatic rings. The number of rotatable bonds is 3. The van der Waals surface area contributed by atoms with Crippen LogP contribution < -0.4 is 0 Å². The second-order valence-corrected chi connectivity index (χ2v) is 4.46. The summed E-state index contributed by atoms with van der Waals surface area (Å²) in [4.78, 5) is 0. The molecule has 0 radical (unpaired) electrons. The van der Waals surface area contributed by atoms with E-state index >= 15 is 0 Å². The monoisotopic (exact) mass is 188 g/mol. The average molecular weight is 188 g/mol. The Balaban J connectivity index is 1.67. The van der Waals surface area contributed by atoms with Gasteiger partial charge in [-0.25, -0.2) is 4.39 Å². The average Bonchev–Trinajstić information content (AvgIpc) is 2.50. The molecule has 1 saturated heterocycles. The van der Waals surface area contributed by atoms with E-state index in [2.05, 4.69) is 6.92 Å². The molecule has 2 fully saturated rings. The topological polar surface area (TPSA) is 18.5 Å². The van der Waals surface area contributed by atoms with Crippen molar-refractivity contribution in [3.8, 4) is 0 Å². The Morgan fingerprint density at radius 1 is 1.54 bits per heavy atom. The van der Waals surface area contributed by atoms with Crippen LogP contribution in [0.25, 0.3) is 0 Å². The van der Waals surface area contributed by atoms with Gasteiger partial charge in [0.15, 0.2) is 0 Å². The fraction of sp³-hybridized carbons (Fsp3) is 1.00. The smallest absolute Gasteiger partial charge is 0.134 e. The van der Waals surface area contributed by atoms with Crippen LogP contribution in [0.4, 0.5) is 4.39 Å². The highest BCUT2D eigenvalue weighted by Crippen LogP contribution is 2.41. The minimum atomic E-state index is -1.03. The number of ether oxygens (including phenoxy) is 2. The maximum atomic E-state index is 13.6. The Morgan fingerprint density at radius 2 is 2.31 bits per heavy atom. The van der Waals surface area contributed by atoms with Crippen LogP contribution in [-0.4, -0.2) is 31.6 Å². The summed E-state index contributed by atoms with van der Waals surface area (Å²) in [6.45, 7) is 3.76. The van der Waals surface area contributed by atoms with Crippen LogP contribution in [0, 0.1) is 5.92 Å². The van der Waals surface area contributed by atoms with Gasteiger partial charge < -0.3 is 9.47 Å². The molecule has 13 heavy (non-hydrogen) atoms. The first-order chi connectivity index (χ1) is 6.18. The highest BCUT2D eigenvalue weighted by Gasteiger charge is 2.43. The van der Waals surface area contributed by atoms with Crippen molar-refractivity contribution in [3.63, 3.8) is 0 Å². The van der Waals surface area contributed by atoms with Crippen LogP contribution in [0.1, 0.15) is 26.2 Å². The maximum Gasteiger partial charge on any atom is 0.134 e. The van der Waals surface area contributed by atoms with E-state index in [0.29, 0.717) is 25.4 Å². The van der Waals surface area contributed by atoms with Gasteiger partial charge in [0.2, 0.25) is 0 Å². The summed E-state index contributed by atoms with van der Waals surface area (Å²) in [5, 5.41) is 0. The minimum absolute atomic E-state index is 0.142. The summed E-state index contributed by atoms with van der Waals surface area (Å²) in [6.07, 6.45) is 2.40. The summed E-state index contributed by atoms with van der Waals surface area (Å²) >= 11 is 0. The first kappa shape index (κ1) is 9.41. The van der Waals surface area contributed by atoms with Crippen LogP contribution in [0.2, 0.25) is 0 Å². The zero-order valence-corrected chi connectivity index (χ0v) is 8.09. The van der Waals surface area contributed by atoms with Crippen molar-refractivity contribution in [2.75, 3.05) is 19.8 Å². The summed E-state index contributed by atoms with van der Waals surface area (Å²) in [7, 11) is 0. The molecule has 0 N–H and O–H groups in total. The maximum absolute atomic E-state index is 13.6. The van der Waals surface area contributed by atoms with Crippen molar-refractivity contribution in [1.29, 1.82) is 0 Å². The van der Waals surface area contributed by atoms with Gasteiger partial charge >= 0.3 is 0 Å². The van der Waals surface area contributed by atoms with E-state index in [0.717, 1.165) is 13.0 Å². The van der Waals surface area contributed by atoms with Crippen molar-refractivity contribution >= 4 is 0 Å². The molecular weight excluding hydrogens is 171 g/mol. The SMILES string of the molecule is CC1CC(F)(COC2CCOC2)C1. The molecule has 76 valence electrons. The van der Waals surface area contributed by atoms with Gasteiger partial charge in [0.25, 0.3) is 0 Å². The Morgan fingerprint density at radius 3 is 2.85 bits per heavy atom. The molecule has 2 nitrogen and oxygen atoms in total. The van der Waals surface area contributed by atoms with Crippen molar-refractivity contribution in [2.45, 2.75) is 38.0 Å². The lowest BCUT2D eigenvalue weighted by Crippen LogP contribution is -2.43. The number of halogens is 1. The van der Waals surface area contributed by atoms with E-state index in [4.69, 9.17) is 9.47 Å². The molecule has 2 rings (SSSR count). The van der Waals surface area contributed by atoms with Gasteiger partial charge in [-0.15, -0.1) is 0 Å². The summed E-state index contributed by atoms with van der Waals surface area (Å²) < 4.78 is 24.3. The summed E-state index contributed by atoms with van der Waals surface area (Å²) in [6, 6.07) is 0. The van der Waals surface area contributed by atoms with Gasteiger partial charge in [-0.2, -0.15) is 0 Å². The Bertz CT molecular complexity index is 172. The fourth-order valence-electron chi connectivity index (χ4n) is 2.22. The number of hydrogen-bond acceptors (Lipinski definition) is 2. The molecule has 1 aliphatic carbocycles. The van der Waals surface area contributed by atoms with E-state index in [-0.39, 0.29) is 12.7 Å². The van der Waals surface area contributed by atoms with Crippen LogP contribution in [0.15, 0.2) is 0 Å². The van der Waals surface area contributed by atoms with Crippen LogP contribution >= 0.6 is 0 Å². The fourth-order valence-corrected chi connectivity index (χ4v) is 2.22. The van der Waals surface area contributed by atoms with E-state index in [9.17, 15) is 4.39 Å². The van der Waals surface area contributed by atoms with E-state index in [1.54, 1.807) is 0 Å². The van der Waals surface area contributed by atoms with Gasteiger partial charge in [0.1, 0.15) is 5.67 Å². The lowest BCUT2D eigenvalue weighted by molar-refractivity contribution is -0.0845. The predicted molar refractivity (Wildman–Crippen MR) is 47.4 cm³/mol. The highest BCUT2D eigenvalue weighted by molar-refractivity contribution is 4.92. The predicted octanol–water partition coefficient (Wildman–Crippen LogP) is 1.93. The molecule has 1 unspecified atom stereocenters. The zero-order chi connectivity index (χ0) is 9.31. The first-order valence-corrected chi connectivity index (χ1v) is 5.06. The molecule has 1 atom stereocenters. The number of alkyl halides is 1. The quantitative estimate of drug-likeness (QED) is 0.673. The third-order valence-corrected chi connectivity index (χ3v) is 2.89. The zero-order valence-electron chi connectivity index (χ0n) is 8.09. The van der Waals surface area contributed by atoms with Gasteiger partial charge in [0, 0.05) is 6.61 Å². The molecule has 0 bridgehead atoms. The normalized spacial score (nSPS) is 44.8. The van der Waals surface area contributed by atoms with Crippen LogP contribution in [0.5, 0.6) is 0 Å². The van der Waals surface area contributed by atoms with Gasteiger partial charge in [-0.05, 0) is 25.2 Å². The molecular formula is C10H17FO2. The van der Waals surface area contributed by atoms with Gasteiger partial charge in [0.05, 0.1) is 19.3 Å². The lowest BCUT2D eigenvalue weighted by atomic mass is 9.74. The van der Waals surface area contributed by atoms with E-state index < -0.39 is 5.67 Å². The number of hydrogen-bond donors (Lipinski definition) is 0. The first-order valence-electron chi connectivity index (χ1n) is 5.06. The second kappa shape index (κ2) is 3.54. The second-order valence-electron chi connectivity index (χ2n) is 4.46. The Labute approximate surface area is 78.4 Å². The molecule has 1 heterocycles. The Hall–Kier alpha value is -0.150. The molecule has 0 spiro atoms. The third kappa shape index (κ3) is 2.20. The van der Waals surface area contributed by atoms with Crippen LogP contribution in [0.3, 0.4) is 0 Å².